The molecule has 3 aromatic carbocycles. The molecule has 4 nitrogen and oxygen atoms in total. The number of hydrogen-bond donors (Lipinski definition) is 1. The van der Waals surface area contributed by atoms with Gasteiger partial charge in [-0.05, 0) is 73.3 Å². The van der Waals surface area contributed by atoms with Gasteiger partial charge in [0.1, 0.15) is 0 Å². The van der Waals surface area contributed by atoms with Crippen molar-refractivity contribution in [3.63, 3.8) is 0 Å². The third kappa shape index (κ3) is 4.66. The normalized spacial score (nSPS) is 16.8. The Labute approximate surface area is 172 Å². The first-order valence-corrected chi connectivity index (χ1v) is 10.1. The van der Waals surface area contributed by atoms with E-state index in [0.29, 0.717) is 6.04 Å². The Morgan fingerprint density at radius 3 is 2.52 bits per heavy atom. The minimum Gasteiger partial charge on any atom is -0.370 e. The molecular formula is C25H27N3O. The number of nitrogens with zero attached hydrogens (tertiary/aromatic N) is 2. The molecule has 3 aromatic rings. The summed E-state index contributed by atoms with van der Waals surface area (Å²) in [7, 11) is 4.27. The topological polar surface area (TPSA) is 35.6 Å². The van der Waals surface area contributed by atoms with Gasteiger partial charge in [-0.3, -0.25) is 4.79 Å². The van der Waals surface area contributed by atoms with E-state index in [-0.39, 0.29) is 5.91 Å². The lowest BCUT2D eigenvalue weighted by molar-refractivity contribution is -0.111. The number of rotatable bonds is 5. The van der Waals surface area contributed by atoms with Crippen LogP contribution in [0.15, 0.2) is 72.8 Å². The molecule has 1 heterocycles. The van der Waals surface area contributed by atoms with Gasteiger partial charge in [-0.2, -0.15) is 0 Å². The van der Waals surface area contributed by atoms with Gasteiger partial charge in [-0.25, -0.2) is 0 Å². The highest BCUT2D eigenvalue weighted by Gasteiger charge is 2.23. The lowest BCUT2D eigenvalue weighted by Crippen LogP contribution is -2.31. The zero-order valence-corrected chi connectivity index (χ0v) is 17.0. The maximum absolute atomic E-state index is 12.3. The van der Waals surface area contributed by atoms with Crippen LogP contribution in [0.2, 0.25) is 0 Å². The van der Waals surface area contributed by atoms with Crippen molar-refractivity contribution in [1.82, 2.24) is 4.90 Å². The Bertz CT molecular complexity index is 1020. The summed E-state index contributed by atoms with van der Waals surface area (Å²) in [6.45, 7) is 2.12. The molecule has 0 spiro atoms. The van der Waals surface area contributed by atoms with Crippen LogP contribution < -0.4 is 10.2 Å². The van der Waals surface area contributed by atoms with Crippen molar-refractivity contribution in [3.8, 4) is 0 Å². The van der Waals surface area contributed by atoms with Gasteiger partial charge in [0.25, 0.3) is 0 Å². The van der Waals surface area contributed by atoms with E-state index in [1.165, 1.54) is 22.9 Å². The van der Waals surface area contributed by atoms with Gasteiger partial charge >= 0.3 is 0 Å². The quantitative estimate of drug-likeness (QED) is 0.651. The third-order valence-corrected chi connectivity index (χ3v) is 5.59. The van der Waals surface area contributed by atoms with Gasteiger partial charge in [-0.1, -0.05) is 36.4 Å². The van der Waals surface area contributed by atoms with Crippen molar-refractivity contribution in [2.24, 2.45) is 0 Å². The van der Waals surface area contributed by atoms with Gasteiger partial charge in [-0.15, -0.1) is 0 Å². The number of nitrogens with one attached hydrogen (secondary N) is 1. The summed E-state index contributed by atoms with van der Waals surface area (Å²) >= 11 is 0. The summed E-state index contributed by atoms with van der Waals surface area (Å²) < 4.78 is 0. The highest BCUT2D eigenvalue weighted by molar-refractivity contribution is 6.02. The predicted octanol–water partition coefficient (Wildman–Crippen LogP) is 4.63. The summed E-state index contributed by atoms with van der Waals surface area (Å²) in [5.41, 5.74) is 3.03. The zero-order chi connectivity index (χ0) is 20.2. The van der Waals surface area contributed by atoms with Crippen LogP contribution in [0.4, 0.5) is 11.4 Å². The fourth-order valence-electron chi connectivity index (χ4n) is 3.82. The molecule has 29 heavy (non-hydrogen) atoms. The molecule has 1 aliphatic rings. The van der Waals surface area contributed by atoms with E-state index in [1.54, 1.807) is 6.08 Å². The van der Waals surface area contributed by atoms with Crippen molar-refractivity contribution in [2.75, 3.05) is 37.4 Å². The molecule has 1 aliphatic heterocycles. The van der Waals surface area contributed by atoms with Crippen LogP contribution in [0.3, 0.4) is 0 Å². The lowest BCUT2D eigenvalue weighted by Gasteiger charge is -2.22. The molecule has 1 atom stereocenters. The lowest BCUT2D eigenvalue weighted by atomic mass is 10.1. The average molecular weight is 386 g/mol. The molecule has 0 radical (unpaired) electrons. The van der Waals surface area contributed by atoms with E-state index in [2.05, 4.69) is 65.6 Å². The van der Waals surface area contributed by atoms with Crippen LogP contribution in [-0.2, 0) is 4.79 Å². The van der Waals surface area contributed by atoms with Gasteiger partial charge in [0, 0.05) is 36.6 Å². The number of likely N-dealkylation sites (N-methyl/N-ethyl adjacent to an activating group) is 1. The number of carbonyl (C=O) groups excluding carboxylic acids is 1. The van der Waals surface area contributed by atoms with Crippen molar-refractivity contribution >= 4 is 34.1 Å². The summed E-state index contributed by atoms with van der Waals surface area (Å²) in [4.78, 5) is 17.0. The predicted molar refractivity (Wildman–Crippen MR) is 122 cm³/mol. The Kier molecular flexibility index (Phi) is 5.63. The average Bonchev–Trinajstić information content (AvgIpc) is 3.23. The van der Waals surface area contributed by atoms with E-state index in [4.69, 9.17) is 0 Å². The van der Waals surface area contributed by atoms with Gasteiger partial charge in [0.15, 0.2) is 0 Å². The van der Waals surface area contributed by atoms with Gasteiger partial charge in [0.05, 0.1) is 0 Å². The van der Waals surface area contributed by atoms with E-state index in [9.17, 15) is 4.79 Å². The van der Waals surface area contributed by atoms with Crippen LogP contribution in [0.1, 0.15) is 12.0 Å². The summed E-state index contributed by atoms with van der Waals surface area (Å²) in [6.07, 6.45) is 4.62. The molecule has 148 valence electrons. The monoisotopic (exact) mass is 385 g/mol. The number of fused-ring (bicyclic) bond motifs is 1. The first kappa shape index (κ1) is 19.2. The molecule has 1 saturated heterocycles. The molecule has 1 N–H and O–H groups in total. The number of carbonyl (C=O) groups is 1. The number of amides is 1. The van der Waals surface area contributed by atoms with Crippen molar-refractivity contribution in [1.29, 1.82) is 0 Å². The van der Waals surface area contributed by atoms with Gasteiger partial charge < -0.3 is 15.1 Å². The van der Waals surface area contributed by atoms with Crippen molar-refractivity contribution < 1.29 is 4.79 Å². The molecule has 0 aliphatic carbocycles. The number of benzene rings is 3. The maximum Gasteiger partial charge on any atom is 0.248 e. The Balaban J connectivity index is 1.36. The van der Waals surface area contributed by atoms with Crippen LogP contribution in [-0.4, -0.2) is 44.0 Å². The second kappa shape index (κ2) is 8.50. The van der Waals surface area contributed by atoms with E-state index in [1.807, 2.05) is 36.4 Å². The fraction of sp³-hybridized carbons (Fsp3) is 0.240. The molecule has 1 fully saturated rings. The van der Waals surface area contributed by atoms with Crippen molar-refractivity contribution in [2.45, 2.75) is 12.5 Å². The molecule has 1 unspecified atom stereocenters. The summed E-state index contributed by atoms with van der Waals surface area (Å²) in [5.74, 6) is -0.125. The molecule has 0 saturated carbocycles. The molecule has 1 amide bonds. The van der Waals surface area contributed by atoms with E-state index in [0.717, 1.165) is 24.3 Å². The Hall–Kier alpha value is -3.11. The Morgan fingerprint density at radius 1 is 1.03 bits per heavy atom. The number of hydrogen-bond acceptors (Lipinski definition) is 3. The highest BCUT2D eigenvalue weighted by atomic mass is 16.1. The minimum absolute atomic E-state index is 0.125. The SMILES string of the molecule is CN(C)C1CCN(c2ccc(NC(=O)C=Cc3ccc4ccccc4c3)cc2)C1. The molecule has 4 rings (SSSR count). The fourth-order valence-corrected chi connectivity index (χ4v) is 3.82. The van der Waals surface area contributed by atoms with E-state index >= 15 is 0 Å². The maximum atomic E-state index is 12.3. The van der Waals surface area contributed by atoms with Crippen LogP contribution >= 0.6 is 0 Å². The standard InChI is InChI=1S/C25H27N3O/c1-27(2)24-15-16-28(18-24)23-12-10-22(11-13-23)26-25(29)14-8-19-7-9-20-5-3-4-6-21(20)17-19/h3-14,17,24H,15-16,18H2,1-2H3,(H,26,29). The van der Waals surface area contributed by atoms with Crippen LogP contribution in [0.25, 0.3) is 16.8 Å². The van der Waals surface area contributed by atoms with Gasteiger partial charge in [0.2, 0.25) is 5.91 Å². The first-order valence-electron chi connectivity index (χ1n) is 10.1. The molecular weight excluding hydrogens is 358 g/mol. The van der Waals surface area contributed by atoms with Crippen LogP contribution in [0.5, 0.6) is 0 Å². The molecule has 4 heteroatoms. The van der Waals surface area contributed by atoms with Crippen molar-refractivity contribution in [3.05, 3.63) is 78.4 Å². The third-order valence-electron chi connectivity index (χ3n) is 5.59. The highest BCUT2D eigenvalue weighted by Crippen LogP contribution is 2.24. The Morgan fingerprint density at radius 2 is 1.79 bits per heavy atom. The molecule has 0 aromatic heterocycles. The smallest absolute Gasteiger partial charge is 0.248 e. The minimum atomic E-state index is -0.125. The second-order valence-corrected chi connectivity index (χ2v) is 7.83. The first-order chi connectivity index (χ1) is 14.1. The van der Waals surface area contributed by atoms with Crippen LogP contribution in [0, 0.1) is 0 Å². The van der Waals surface area contributed by atoms with E-state index < -0.39 is 0 Å². The summed E-state index contributed by atoms with van der Waals surface area (Å²) in [6, 6.07) is 23.1. The summed E-state index contributed by atoms with van der Waals surface area (Å²) in [5, 5.41) is 5.31. The largest absolute Gasteiger partial charge is 0.370 e. The second-order valence-electron chi connectivity index (χ2n) is 7.83. The molecule has 0 bridgehead atoms. The zero-order valence-electron chi connectivity index (χ0n) is 17.0. The number of anilines is 2.